The van der Waals surface area contributed by atoms with E-state index in [2.05, 4.69) is 173 Å². The molecule has 0 bridgehead atoms. The highest BCUT2D eigenvalue weighted by Crippen LogP contribution is 2.40. The Hall–Kier alpha value is -7.41. The smallest absolute Gasteiger partial charge is 0.136 e. The predicted octanol–water partition coefficient (Wildman–Crippen LogP) is 12.6. The van der Waals surface area contributed by atoms with Crippen molar-refractivity contribution in [2.45, 2.75) is 12.3 Å². The van der Waals surface area contributed by atoms with E-state index < -0.39 is 0 Å². The fourth-order valence-electron chi connectivity index (χ4n) is 8.83. The molecule has 6 nitrogen and oxygen atoms in total. The van der Waals surface area contributed by atoms with Crippen LogP contribution in [0.5, 0.6) is 0 Å². The van der Waals surface area contributed by atoms with Crippen molar-refractivity contribution < 1.29 is 8.83 Å². The van der Waals surface area contributed by atoms with Gasteiger partial charge in [-0.25, -0.2) is 4.99 Å². The molecule has 0 fully saturated rings. The highest BCUT2D eigenvalue weighted by Gasteiger charge is 2.28. The molecule has 0 saturated heterocycles. The van der Waals surface area contributed by atoms with Crippen LogP contribution >= 0.6 is 0 Å². The zero-order valence-corrected chi connectivity index (χ0v) is 30.7. The largest absolute Gasteiger partial charge is 0.456 e. The topological polar surface area (TPSA) is 67.6 Å². The number of para-hydroxylation sites is 2. The molecule has 11 aromatic rings. The SMILES string of the molecule is c1ccc(C2=NC(c3ccccc3)NC(c3cccc4oc5ccc(-c6ccc7c(c6)oc6ccc(-n8c9ccccc9c9ccccc98)cc67)cc5c34)N2)cc1. The molecule has 0 spiro atoms. The maximum Gasteiger partial charge on any atom is 0.136 e. The summed E-state index contributed by atoms with van der Waals surface area (Å²) in [5.41, 5.74) is 12.3. The van der Waals surface area contributed by atoms with Crippen molar-refractivity contribution in [3.8, 4) is 16.8 Å². The lowest BCUT2D eigenvalue weighted by Crippen LogP contribution is -2.45. The monoisotopic (exact) mass is 734 g/mol. The van der Waals surface area contributed by atoms with E-state index in [0.717, 1.165) is 83.2 Å². The molecule has 0 amide bonds. The van der Waals surface area contributed by atoms with Gasteiger partial charge in [0.25, 0.3) is 0 Å². The molecule has 1 aliphatic rings. The van der Waals surface area contributed by atoms with Crippen LogP contribution in [0.3, 0.4) is 0 Å². The minimum atomic E-state index is -0.231. The second kappa shape index (κ2) is 12.6. The van der Waals surface area contributed by atoms with Gasteiger partial charge in [0.05, 0.1) is 11.0 Å². The van der Waals surface area contributed by atoms with Gasteiger partial charge in [0.2, 0.25) is 0 Å². The maximum atomic E-state index is 6.54. The second-order valence-corrected chi connectivity index (χ2v) is 14.8. The summed E-state index contributed by atoms with van der Waals surface area (Å²) >= 11 is 0. The zero-order chi connectivity index (χ0) is 37.5. The van der Waals surface area contributed by atoms with Gasteiger partial charge >= 0.3 is 0 Å². The Morgan fingerprint density at radius 3 is 1.93 bits per heavy atom. The van der Waals surface area contributed by atoms with Gasteiger partial charge in [-0.15, -0.1) is 0 Å². The second-order valence-electron chi connectivity index (χ2n) is 14.8. The minimum absolute atomic E-state index is 0.227. The van der Waals surface area contributed by atoms with E-state index in [-0.39, 0.29) is 12.3 Å². The van der Waals surface area contributed by atoms with Gasteiger partial charge in [-0.05, 0) is 77.4 Å². The van der Waals surface area contributed by atoms with Crippen molar-refractivity contribution in [2.75, 3.05) is 0 Å². The molecule has 4 heterocycles. The van der Waals surface area contributed by atoms with Gasteiger partial charge < -0.3 is 18.7 Å². The number of aliphatic imine (C=N–C) groups is 1. The quantitative estimate of drug-likeness (QED) is 0.185. The van der Waals surface area contributed by atoms with Crippen molar-refractivity contribution in [1.82, 2.24) is 15.2 Å². The van der Waals surface area contributed by atoms with Crippen molar-refractivity contribution >= 4 is 71.5 Å². The highest BCUT2D eigenvalue weighted by molar-refractivity contribution is 6.12. The van der Waals surface area contributed by atoms with E-state index in [1.165, 1.54) is 21.8 Å². The van der Waals surface area contributed by atoms with E-state index >= 15 is 0 Å². The van der Waals surface area contributed by atoms with Gasteiger partial charge in [-0.1, -0.05) is 121 Å². The molecule has 6 heteroatoms. The Bertz CT molecular complexity index is 3320. The number of fused-ring (bicyclic) bond motifs is 9. The van der Waals surface area contributed by atoms with Crippen LogP contribution in [0, 0.1) is 0 Å². The number of furan rings is 2. The van der Waals surface area contributed by atoms with Crippen LogP contribution < -0.4 is 10.6 Å². The molecule has 2 unspecified atom stereocenters. The summed E-state index contributed by atoms with van der Waals surface area (Å²) in [7, 11) is 0. The van der Waals surface area contributed by atoms with Gasteiger partial charge in [-0.2, -0.15) is 0 Å². The number of rotatable bonds is 5. The first-order chi connectivity index (χ1) is 28.2. The van der Waals surface area contributed by atoms with E-state index in [4.69, 9.17) is 13.8 Å². The van der Waals surface area contributed by atoms with E-state index in [0.29, 0.717) is 0 Å². The predicted molar refractivity (Wildman–Crippen MR) is 232 cm³/mol. The van der Waals surface area contributed by atoms with Crippen LogP contribution in [-0.2, 0) is 0 Å². The van der Waals surface area contributed by atoms with E-state index in [1.807, 2.05) is 24.3 Å². The number of hydrogen-bond donors (Lipinski definition) is 2. The highest BCUT2D eigenvalue weighted by atomic mass is 16.3. The molecule has 2 atom stereocenters. The molecule has 3 aromatic heterocycles. The Morgan fingerprint density at radius 2 is 1.12 bits per heavy atom. The molecule has 0 aliphatic carbocycles. The molecule has 2 N–H and O–H groups in total. The Morgan fingerprint density at radius 1 is 0.456 bits per heavy atom. The van der Waals surface area contributed by atoms with Crippen molar-refractivity contribution in [1.29, 1.82) is 0 Å². The first-order valence-corrected chi connectivity index (χ1v) is 19.3. The van der Waals surface area contributed by atoms with Crippen LogP contribution in [0.1, 0.15) is 29.0 Å². The summed E-state index contributed by atoms with van der Waals surface area (Å²) < 4.78 is 15.4. The molecule has 8 aromatic carbocycles. The van der Waals surface area contributed by atoms with Gasteiger partial charge in [-0.3, -0.25) is 5.32 Å². The molecule has 12 rings (SSSR count). The first-order valence-electron chi connectivity index (χ1n) is 19.3. The third-order valence-corrected chi connectivity index (χ3v) is 11.5. The molecule has 0 saturated carbocycles. The summed E-state index contributed by atoms with van der Waals surface area (Å²) in [6, 6.07) is 63.8. The van der Waals surface area contributed by atoms with Crippen LogP contribution in [0.15, 0.2) is 196 Å². The Kier molecular flexibility index (Phi) is 7.03. The number of amidine groups is 1. The standard InChI is InChI=1S/C51H34N4O2/c1-3-12-31(13-4-1)49-52-50(32-14-5-2-6-15-32)54-51(53-49)39-18-11-21-46-48(39)41-28-33(23-26-45(41)56-46)34-22-25-38-40-30-35(24-27-44(40)57-47(38)29-34)55-42-19-9-7-16-36(42)37-17-8-10-20-43(37)55/h1-30,49,51,53H,(H,52,54). The van der Waals surface area contributed by atoms with Crippen LogP contribution in [0.4, 0.5) is 0 Å². The maximum absolute atomic E-state index is 6.54. The fraction of sp³-hybridized carbons (Fsp3) is 0.0392. The molecule has 1 aliphatic heterocycles. The van der Waals surface area contributed by atoms with E-state index in [9.17, 15) is 0 Å². The summed E-state index contributed by atoms with van der Waals surface area (Å²) in [5, 5.41) is 14.3. The summed E-state index contributed by atoms with van der Waals surface area (Å²) in [6.45, 7) is 0. The third-order valence-electron chi connectivity index (χ3n) is 11.5. The van der Waals surface area contributed by atoms with E-state index in [1.54, 1.807) is 0 Å². The molecular weight excluding hydrogens is 701 g/mol. The number of hydrogen-bond acceptors (Lipinski definition) is 5. The van der Waals surface area contributed by atoms with Crippen LogP contribution in [0.2, 0.25) is 0 Å². The number of benzene rings is 8. The average Bonchev–Trinajstić information content (AvgIpc) is 3.95. The lowest BCUT2D eigenvalue weighted by atomic mass is 9.98. The van der Waals surface area contributed by atoms with Crippen molar-refractivity contribution in [2.24, 2.45) is 4.99 Å². The summed E-state index contributed by atoms with van der Waals surface area (Å²) in [4.78, 5) is 5.12. The number of aromatic nitrogens is 1. The van der Waals surface area contributed by atoms with Gasteiger partial charge in [0.15, 0.2) is 0 Å². The van der Waals surface area contributed by atoms with Crippen molar-refractivity contribution in [3.63, 3.8) is 0 Å². The molecule has 0 radical (unpaired) electrons. The first kappa shape index (κ1) is 31.9. The summed E-state index contributed by atoms with van der Waals surface area (Å²) in [5.74, 6) is 0.847. The molecule has 57 heavy (non-hydrogen) atoms. The zero-order valence-electron chi connectivity index (χ0n) is 30.7. The average molecular weight is 735 g/mol. The Balaban J connectivity index is 0.948. The van der Waals surface area contributed by atoms with Crippen LogP contribution in [0.25, 0.3) is 82.5 Å². The minimum Gasteiger partial charge on any atom is -0.456 e. The summed E-state index contributed by atoms with van der Waals surface area (Å²) in [6.07, 6.45) is -0.458. The number of nitrogens with one attached hydrogen (secondary N) is 2. The van der Waals surface area contributed by atoms with Crippen LogP contribution in [-0.4, -0.2) is 10.4 Å². The van der Waals surface area contributed by atoms with Crippen molar-refractivity contribution in [3.05, 3.63) is 199 Å². The number of nitrogens with zero attached hydrogens (tertiary/aromatic N) is 2. The lowest BCUT2D eigenvalue weighted by molar-refractivity contribution is 0.411. The lowest BCUT2D eigenvalue weighted by Gasteiger charge is -2.32. The van der Waals surface area contributed by atoms with Gasteiger partial charge in [0, 0.05) is 49.1 Å². The molecular formula is C51H34N4O2. The van der Waals surface area contributed by atoms with Gasteiger partial charge in [0.1, 0.15) is 40.5 Å². The Labute approximate surface area is 327 Å². The third kappa shape index (κ3) is 5.12. The normalized spacial score (nSPS) is 15.9. The fourth-order valence-corrected chi connectivity index (χ4v) is 8.83. The molecule has 270 valence electrons.